The van der Waals surface area contributed by atoms with E-state index in [9.17, 15) is 4.79 Å². The van der Waals surface area contributed by atoms with Crippen molar-refractivity contribution in [1.29, 1.82) is 0 Å². The molecule has 0 bridgehead atoms. The third-order valence-corrected chi connectivity index (χ3v) is 7.77. The minimum atomic E-state index is -0.445. The van der Waals surface area contributed by atoms with Gasteiger partial charge in [0.2, 0.25) is 0 Å². The van der Waals surface area contributed by atoms with Gasteiger partial charge in [0, 0.05) is 12.8 Å². The Morgan fingerprint density at radius 2 is 1.51 bits per heavy atom. The fourth-order valence-electron chi connectivity index (χ4n) is 5.00. The number of esters is 1. The highest BCUT2D eigenvalue weighted by Gasteiger charge is 2.38. The average Bonchev–Trinajstić information content (AvgIpc) is 2.77. The van der Waals surface area contributed by atoms with E-state index in [2.05, 4.69) is 54.5 Å². The van der Waals surface area contributed by atoms with Crippen LogP contribution in [0.25, 0.3) is 0 Å². The largest absolute Gasteiger partial charge is 0.457 e. The maximum atomic E-state index is 11.5. The van der Waals surface area contributed by atoms with Crippen LogP contribution in [0.2, 0.25) is 0 Å². The standard InChI is InChI=1S/C31H58O4/c1-23(2)14-11-16-25(4)18-13-20-26(5)19-12-17-24(3)15-9-10-21-33-31-30(35-29(8)32)28(7)27(6)22-34-31/h15,23,25-28,30-31H,9-14,16-22H2,1-8H3. The van der Waals surface area contributed by atoms with Gasteiger partial charge in [-0.25, -0.2) is 0 Å². The van der Waals surface area contributed by atoms with Crippen LogP contribution in [-0.4, -0.2) is 31.6 Å². The SMILES string of the molecule is CC(=O)OC1C(OCCCC=C(C)CCCC(C)CCCC(C)CCCC(C)C)OCC(C)C1C. The summed E-state index contributed by atoms with van der Waals surface area (Å²) in [7, 11) is 0. The molecule has 0 aromatic heterocycles. The summed E-state index contributed by atoms with van der Waals surface area (Å²) in [5.74, 6) is 2.89. The van der Waals surface area contributed by atoms with E-state index in [1.54, 1.807) is 0 Å². The first-order valence-corrected chi connectivity index (χ1v) is 14.7. The summed E-state index contributed by atoms with van der Waals surface area (Å²) < 4.78 is 17.3. The van der Waals surface area contributed by atoms with Crippen molar-refractivity contribution in [2.45, 2.75) is 138 Å². The molecule has 0 spiro atoms. The summed E-state index contributed by atoms with van der Waals surface area (Å²) in [6, 6.07) is 0. The van der Waals surface area contributed by atoms with E-state index >= 15 is 0 Å². The predicted molar refractivity (Wildman–Crippen MR) is 147 cm³/mol. The lowest BCUT2D eigenvalue weighted by atomic mass is 9.88. The normalized spacial score (nSPS) is 25.0. The van der Waals surface area contributed by atoms with E-state index in [1.165, 1.54) is 70.3 Å². The van der Waals surface area contributed by atoms with Crippen molar-refractivity contribution >= 4 is 5.97 Å². The van der Waals surface area contributed by atoms with Crippen LogP contribution in [0.5, 0.6) is 0 Å². The number of carbonyl (C=O) groups is 1. The molecule has 0 saturated carbocycles. The molecule has 6 unspecified atom stereocenters. The molecule has 0 amide bonds. The van der Waals surface area contributed by atoms with E-state index < -0.39 is 6.29 Å². The molecule has 206 valence electrons. The van der Waals surface area contributed by atoms with Gasteiger partial charge in [0.1, 0.15) is 0 Å². The Bertz CT molecular complexity index is 585. The second-order valence-electron chi connectivity index (χ2n) is 12.0. The summed E-state index contributed by atoms with van der Waals surface area (Å²) in [6.45, 7) is 18.7. The zero-order chi connectivity index (χ0) is 26.2. The van der Waals surface area contributed by atoms with Gasteiger partial charge in [-0.2, -0.15) is 0 Å². The van der Waals surface area contributed by atoms with Crippen LogP contribution in [0.15, 0.2) is 11.6 Å². The maximum absolute atomic E-state index is 11.5. The van der Waals surface area contributed by atoms with Crippen LogP contribution in [0, 0.1) is 29.6 Å². The molecule has 1 rings (SSSR count). The molecule has 1 aliphatic heterocycles. The number of hydrogen-bond donors (Lipinski definition) is 0. The molecule has 1 saturated heterocycles. The van der Waals surface area contributed by atoms with E-state index in [0.29, 0.717) is 19.1 Å². The Morgan fingerprint density at radius 3 is 2.11 bits per heavy atom. The summed E-state index contributed by atoms with van der Waals surface area (Å²) in [6.07, 6.45) is 15.8. The monoisotopic (exact) mass is 494 g/mol. The third-order valence-electron chi connectivity index (χ3n) is 7.77. The summed E-state index contributed by atoms with van der Waals surface area (Å²) in [5, 5.41) is 0. The van der Waals surface area contributed by atoms with E-state index in [4.69, 9.17) is 14.2 Å². The third kappa shape index (κ3) is 15.1. The number of ether oxygens (including phenoxy) is 3. The molecular weight excluding hydrogens is 436 g/mol. The second kappa shape index (κ2) is 18.4. The first-order chi connectivity index (χ1) is 16.6. The Balaban J connectivity index is 2.13. The molecule has 0 aromatic rings. The van der Waals surface area contributed by atoms with Crippen molar-refractivity contribution in [3.8, 4) is 0 Å². The number of unbranched alkanes of at least 4 members (excludes halogenated alkanes) is 1. The molecule has 0 aliphatic carbocycles. The summed E-state index contributed by atoms with van der Waals surface area (Å²) in [5.41, 5.74) is 1.49. The lowest BCUT2D eigenvalue weighted by Gasteiger charge is -2.38. The molecule has 6 atom stereocenters. The second-order valence-corrected chi connectivity index (χ2v) is 12.0. The van der Waals surface area contributed by atoms with Gasteiger partial charge < -0.3 is 14.2 Å². The molecule has 0 radical (unpaired) electrons. The maximum Gasteiger partial charge on any atom is 0.303 e. The Hall–Kier alpha value is -0.870. The lowest BCUT2D eigenvalue weighted by Crippen LogP contribution is -2.48. The van der Waals surface area contributed by atoms with Crippen LogP contribution >= 0.6 is 0 Å². The van der Waals surface area contributed by atoms with Gasteiger partial charge in [0.25, 0.3) is 0 Å². The number of allylic oxidation sites excluding steroid dienone is 2. The first-order valence-electron chi connectivity index (χ1n) is 14.7. The fourth-order valence-corrected chi connectivity index (χ4v) is 5.00. The smallest absolute Gasteiger partial charge is 0.303 e. The van der Waals surface area contributed by atoms with E-state index in [1.807, 2.05) is 0 Å². The summed E-state index contributed by atoms with van der Waals surface area (Å²) in [4.78, 5) is 11.5. The highest BCUT2D eigenvalue weighted by atomic mass is 16.7. The van der Waals surface area contributed by atoms with Crippen molar-refractivity contribution in [3.63, 3.8) is 0 Å². The van der Waals surface area contributed by atoms with Crippen LogP contribution < -0.4 is 0 Å². The van der Waals surface area contributed by atoms with Gasteiger partial charge in [-0.3, -0.25) is 4.79 Å². The van der Waals surface area contributed by atoms with Gasteiger partial charge in [0.05, 0.1) is 13.2 Å². The van der Waals surface area contributed by atoms with Gasteiger partial charge in [-0.1, -0.05) is 98.1 Å². The van der Waals surface area contributed by atoms with Crippen molar-refractivity contribution in [2.24, 2.45) is 29.6 Å². The zero-order valence-electron chi connectivity index (χ0n) is 24.4. The van der Waals surface area contributed by atoms with Crippen LogP contribution in [0.1, 0.15) is 126 Å². The quantitative estimate of drug-likeness (QED) is 0.109. The Kier molecular flexibility index (Phi) is 16.9. The number of carbonyl (C=O) groups excluding carboxylic acids is 1. The molecule has 0 N–H and O–H groups in total. The highest BCUT2D eigenvalue weighted by Crippen LogP contribution is 2.29. The molecule has 1 heterocycles. The molecule has 0 aromatic carbocycles. The fraction of sp³-hybridized carbons (Fsp3) is 0.903. The molecule has 4 nitrogen and oxygen atoms in total. The summed E-state index contributed by atoms with van der Waals surface area (Å²) >= 11 is 0. The molecule has 35 heavy (non-hydrogen) atoms. The van der Waals surface area contributed by atoms with E-state index in [-0.39, 0.29) is 18.0 Å². The Morgan fingerprint density at radius 1 is 0.914 bits per heavy atom. The van der Waals surface area contributed by atoms with Gasteiger partial charge >= 0.3 is 5.97 Å². The van der Waals surface area contributed by atoms with Crippen molar-refractivity contribution in [3.05, 3.63) is 11.6 Å². The minimum Gasteiger partial charge on any atom is -0.457 e. The Labute approximate surface area is 217 Å². The average molecular weight is 495 g/mol. The van der Waals surface area contributed by atoms with Gasteiger partial charge in [-0.05, 0) is 56.3 Å². The predicted octanol–water partition coefficient (Wildman–Crippen LogP) is 8.73. The number of rotatable bonds is 18. The van der Waals surface area contributed by atoms with Gasteiger partial charge in [0.15, 0.2) is 12.4 Å². The molecule has 4 heteroatoms. The van der Waals surface area contributed by atoms with Gasteiger partial charge in [-0.15, -0.1) is 0 Å². The molecule has 1 aliphatic rings. The topological polar surface area (TPSA) is 44.8 Å². The minimum absolute atomic E-state index is 0.236. The lowest BCUT2D eigenvalue weighted by molar-refractivity contribution is -0.250. The first kappa shape index (κ1) is 32.2. The van der Waals surface area contributed by atoms with Crippen molar-refractivity contribution in [2.75, 3.05) is 13.2 Å². The van der Waals surface area contributed by atoms with Crippen molar-refractivity contribution in [1.82, 2.24) is 0 Å². The van der Waals surface area contributed by atoms with E-state index in [0.717, 1.165) is 30.6 Å². The van der Waals surface area contributed by atoms with Crippen LogP contribution in [0.4, 0.5) is 0 Å². The molecule has 1 fully saturated rings. The van der Waals surface area contributed by atoms with Crippen molar-refractivity contribution < 1.29 is 19.0 Å². The number of hydrogen-bond acceptors (Lipinski definition) is 4. The van der Waals surface area contributed by atoms with Crippen LogP contribution in [0.3, 0.4) is 0 Å². The molecular formula is C31H58O4. The van der Waals surface area contributed by atoms with Crippen LogP contribution in [-0.2, 0) is 19.0 Å². The highest BCUT2D eigenvalue weighted by molar-refractivity contribution is 5.66. The zero-order valence-corrected chi connectivity index (χ0v) is 24.4.